The number of nitrogen functional groups attached to an aromatic ring is 1. The van der Waals surface area contributed by atoms with Gasteiger partial charge in [0.25, 0.3) is 5.56 Å². The summed E-state index contributed by atoms with van der Waals surface area (Å²) < 4.78 is 4.78. The van der Waals surface area contributed by atoms with Gasteiger partial charge in [0.2, 0.25) is 0 Å². The first-order valence-corrected chi connectivity index (χ1v) is 4.62. The number of aromatic nitrogens is 1. The number of rotatable bonds is 2. The molecule has 1 rings (SSSR count). The number of pyridine rings is 1. The van der Waals surface area contributed by atoms with E-state index in [-0.39, 0.29) is 23.4 Å². The minimum Gasteiger partial charge on any atom is -0.462 e. The van der Waals surface area contributed by atoms with E-state index >= 15 is 0 Å². The normalized spacial score (nSPS) is 9.56. The first-order chi connectivity index (χ1) is 7.52. The number of carbonyl (C=O) groups excluding carboxylic acids is 1. The molecule has 0 aliphatic rings. The number of aryl methyl sites for hydroxylation is 1. The number of H-pyrrole nitrogens is 1. The minimum atomic E-state index is -0.648. The van der Waals surface area contributed by atoms with Gasteiger partial charge < -0.3 is 15.5 Å². The van der Waals surface area contributed by atoms with Gasteiger partial charge in [-0.1, -0.05) is 0 Å². The maximum atomic E-state index is 11.5. The smallest absolute Gasteiger partial charge is 0.342 e. The lowest BCUT2D eigenvalue weighted by Crippen LogP contribution is -2.21. The lowest BCUT2D eigenvalue weighted by Gasteiger charge is -2.08. The van der Waals surface area contributed by atoms with E-state index in [1.807, 2.05) is 0 Å². The second-order valence-corrected chi connectivity index (χ2v) is 3.08. The summed E-state index contributed by atoms with van der Waals surface area (Å²) in [5.74, 6) is -0.648. The van der Waals surface area contributed by atoms with Crippen LogP contribution < -0.4 is 11.3 Å². The van der Waals surface area contributed by atoms with E-state index in [1.54, 1.807) is 13.0 Å². The minimum absolute atomic E-state index is 0.0398. The zero-order valence-corrected chi connectivity index (χ0v) is 8.96. The third kappa shape index (κ3) is 1.88. The molecule has 0 aliphatic carbocycles. The quantitative estimate of drug-likeness (QED) is 0.698. The van der Waals surface area contributed by atoms with Crippen LogP contribution in [0.15, 0.2) is 4.79 Å². The van der Waals surface area contributed by atoms with Gasteiger partial charge in [0.05, 0.1) is 12.3 Å². The largest absolute Gasteiger partial charge is 0.462 e. The second-order valence-electron chi connectivity index (χ2n) is 3.08. The summed E-state index contributed by atoms with van der Waals surface area (Å²) in [6.45, 7) is 3.37. The van der Waals surface area contributed by atoms with Gasteiger partial charge in [-0.2, -0.15) is 5.26 Å². The van der Waals surface area contributed by atoms with E-state index in [0.29, 0.717) is 5.69 Å². The third-order valence-electron chi connectivity index (χ3n) is 2.03. The van der Waals surface area contributed by atoms with Gasteiger partial charge in [0, 0.05) is 5.69 Å². The number of nitrogens with two attached hydrogens (primary N) is 1. The molecule has 0 spiro atoms. The van der Waals surface area contributed by atoms with Gasteiger partial charge in [-0.3, -0.25) is 4.79 Å². The van der Waals surface area contributed by atoms with Crippen molar-refractivity contribution in [2.75, 3.05) is 12.3 Å². The van der Waals surface area contributed by atoms with E-state index in [9.17, 15) is 9.59 Å². The first-order valence-electron chi connectivity index (χ1n) is 4.62. The van der Waals surface area contributed by atoms with Gasteiger partial charge >= 0.3 is 5.97 Å². The fourth-order valence-corrected chi connectivity index (χ4v) is 1.32. The molecule has 6 heteroatoms. The molecule has 0 fully saturated rings. The average Bonchev–Trinajstić information content (AvgIpc) is 2.17. The number of carbonyl (C=O) groups is 1. The highest BCUT2D eigenvalue weighted by atomic mass is 16.5. The van der Waals surface area contributed by atoms with Crippen molar-refractivity contribution >= 4 is 11.7 Å². The number of ether oxygens (including phenoxy) is 1. The highest BCUT2D eigenvalue weighted by Crippen LogP contribution is 2.17. The molecule has 1 aromatic heterocycles. The summed E-state index contributed by atoms with van der Waals surface area (Å²) in [5, 5.41) is 8.72. The molecule has 0 aromatic carbocycles. The van der Waals surface area contributed by atoms with Crippen LogP contribution in [0.1, 0.15) is 28.5 Å². The molecular weight excluding hydrogens is 210 g/mol. The lowest BCUT2D eigenvalue weighted by molar-refractivity contribution is 0.0526. The Morgan fingerprint density at radius 3 is 2.75 bits per heavy atom. The van der Waals surface area contributed by atoms with Crippen LogP contribution >= 0.6 is 0 Å². The summed E-state index contributed by atoms with van der Waals surface area (Å²) in [6.07, 6.45) is 0. The fraction of sp³-hybridized carbons (Fsp3) is 0.300. The molecule has 0 saturated carbocycles. The average molecular weight is 221 g/mol. The summed E-state index contributed by atoms with van der Waals surface area (Å²) in [4.78, 5) is 25.2. The number of anilines is 1. The van der Waals surface area contributed by atoms with Crippen molar-refractivity contribution < 1.29 is 9.53 Å². The van der Waals surface area contributed by atoms with Crippen LogP contribution in [0.3, 0.4) is 0 Å². The summed E-state index contributed by atoms with van der Waals surface area (Å²) >= 11 is 0. The highest BCUT2D eigenvalue weighted by molar-refractivity contribution is 5.97. The Bertz CT molecular complexity index is 525. The Labute approximate surface area is 91.6 Å². The number of hydrogen-bond donors (Lipinski definition) is 2. The van der Waals surface area contributed by atoms with Gasteiger partial charge in [-0.05, 0) is 13.8 Å². The molecule has 0 radical (unpaired) electrons. The van der Waals surface area contributed by atoms with Crippen molar-refractivity contribution in [3.63, 3.8) is 0 Å². The molecule has 0 unspecified atom stereocenters. The summed E-state index contributed by atoms with van der Waals surface area (Å²) in [7, 11) is 0. The van der Waals surface area contributed by atoms with E-state index in [2.05, 4.69) is 4.98 Å². The Balaban J connectivity index is 3.47. The number of esters is 1. The van der Waals surface area contributed by atoms with Crippen LogP contribution in [0.2, 0.25) is 0 Å². The standard InChI is InChI=1S/C10H11N3O3/c1-3-16-10(15)7-5(2)13-9(14)6(4-11)8(7)12/h3H2,1-2H3,(H3,12,13,14). The van der Waals surface area contributed by atoms with Crippen molar-refractivity contribution in [1.29, 1.82) is 5.26 Å². The number of nitrogens with zero attached hydrogens (tertiary/aromatic N) is 1. The zero-order chi connectivity index (χ0) is 12.3. The highest BCUT2D eigenvalue weighted by Gasteiger charge is 2.19. The predicted octanol–water partition coefficient (Wildman–Crippen LogP) is 0.314. The van der Waals surface area contributed by atoms with Crippen LogP contribution in [0.5, 0.6) is 0 Å². The Hall–Kier alpha value is -2.29. The molecule has 84 valence electrons. The molecule has 0 aliphatic heterocycles. The van der Waals surface area contributed by atoms with Crippen LogP contribution in [-0.4, -0.2) is 17.6 Å². The Morgan fingerprint density at radius 2 is 2.25 bits per heavy atom. The summed E-state index contributed by atoms with van der Waals surface area (Å²) in [5.41, 5.74) is 4.90. The molecule has 0 saturated heterocycles. The molecule has 16 heavy (non-hydrogen) atoms. The van der Waals surface area contributed by atoms with Crippen molar-refractivity contribution in [1.82, 2.24) is 4.98 Å². The third-order valence-corrected chi connectivity index (χ3v) is 2.03. The van der Waals surface area contributed by atoms with E-state index in [0.717, 1.165) is 0 Å². The molecule has 3 N–H and O–H groups in total. The van der Waals surface area contributed by atoms with Crippen LogP contribution in [0, 0.1) is 18.3 Å². The maximum absolute atomic E-state index is 11.5. The molecule has 0 atom stereocenters. The fourth-order valence-electron chi connectivity index (χ4n) is 1.32. The first kappa shape index (κ1) is 11.8. The number of aromatic amines is 1. The van der Waals surface area contributed by atoms with Crippen LogP contribution in [0.25, 0.3) is 0 Å². The molecule has 1 heterocycles. The molecule has 0 amide bonds. The van der Waals surface area contributed by atoms with Crippen LogP contribution in [0.4, 0.5) is 5.69 Å². The van der Waals surface area contributed by atoms with E-state index in [1.165, 1.54) is 6.92 Å². The van der Waals surface area contributed by atoms with Crippen molar-refractivity contribution in [2.24, 2.45) is 0 Å². The van der Waals surface area contributed by atoms with Crippen LogP contribution in [-0.2, 0) is 4.74 Å². The molecular formula is C10H11N3O3. The lowest BCUT2D eigenvalue weighted by atomic mass is 10.1. The van der Waals surface area contributed by atoms with Gasteiger partial charge in [0.1, 0.15) is 17.2 Å². The van der Waals surface area contributed by atoms with Gasteiger partial charge in [0.15, 0.2) is 0 Å². The topological polar surface area (TPSA) is 109 Å². The number of nitriles is 1. The number of hydrogen-bond acceptors (Lipinski definition) is 5. The van der Waals surface area contributed by atoms with Crippen molar-refractivity contribution in [2.45, 2.75) is 13.8 Å². The predicted molar refractivity (Wildman–Crippen MR) is 56.9 cm³/mol. The Kier molecular flexibility index (Phi) is 3.30. The van der Waals surface area contributed by atoms with Gasteiger partial charge in [-0.15, -0.1) is 0 Å². The van der Waals surface area contributed by atoms with Crippen molar-refractivity contribution in [3.05, 3.63) is 27.2 Å². The van der Waals surface area contributed by atoms with E-state index in [4.69, 9.17) is 15.7 Å². The Morgan fingerprint density at radius 1 is 1.62 bits per heavy atom. The maximum Gasteiger partial charge on any atom is 0.342 e. The molecule has 6 nitrogen and oxygen atoms in total. The van der Waals surface area contributed by atoms with Crippen molar-refractivity contribution in [3.8, 4) is 6.07 Å². The monoisotopic (exact) mass is 221 g/mol. The molecule has 0 bridgehead atoms. The van der Waals surface area contributed by atoms with E-state index < -0.39 is 11.5 Å². The zero-order valence-electron chi connectivity index (χ0n) is 8.96. The second kappa shape index (κ2) is 4.49. The summed E-state index contributed by atoms with van der Waals surface area (Å²) in [6, 6.07) is 1.65. The SMILES string of the molecule is CCOC(=O)c1c(C)[nH]c(=O)c(C#N)c1N. The molecule has 1 aromatic rings. The number of nitrogens with one attached hydrogen (secondary N) is 1. The van der Waals surface area contributed by atoms with Gasteiger partial charge in [-0.25, -0.2) is 4.79 Å².